The summed E-state index contributed by atoms with van der Waals surface area (Å²) in [6.45, 7) is 0. The molecular weight excluding hydrogens is 228 g/mol. The Morgan fingerprint density at radius 3 is 2.12 bits per heavy atom. The molecule has 0 saturated heterocycles. The van der Waals surface area contributed by atoms with Gasteiger partial charge >= 0.3 is 0 Å². The first-order valence-electron chi connectivity index (χ1n) is 5.57. The Labute approximate surface area is 106 Å². The molecule has 0 unspecified atom stereocenters. The molecule has 0 N–H and O–H groups in total. The van der Waals surface area contributed by atoms with Crippen LogP contribution in [0.3, 0.4) is 0 Å². The molecule has 0 aliphatic heterocycles. The molecule has 0 heterocycles. The molecule has 3 rings (SSSR count). The van der Waals surface area contributed by atoms with Crippen molar-refractivity contribution in [2.24, 2.45) is 0 Å². The van der Waals surface area contributed by atoms with Crippen LogP contribution >= 0.6 is 11.6 Å². The number of fused-ring (bicyclic) bond motifs is 1. The zero-order valence-corrected chi connectivity index (χ0v) is 9.98. The van der Waals surface area contributed by atoms with Gasteiger partial charge in [0, 0.05) is 5.54 Å². The number of allylic oxidation sites excluding steroid dienone is 2. The molecule has 2 aromatic rings. The summed E-state index contributed by atoms with van der Waals surface area (Å²) in [6.07, 6.45) is 2.15. The van der Waals surface area contributed by atoms with Crippen LogP contribution < -0.4 is 0 Å². The molecule has 0 atom stereocenters. The lowest BCUT2D eigenvalue weighted by Crippen LogP contribution is -1.85. The number of hydrogen-bond donors (Lipinski definition) is 0. The Kier molecular flexibility index (Phi) is 2.58. The topological polar surface area (TPSA) is 0 Å². The first kappa shape index (κ1) is 10.4. The quantitative estimate of drug-likeness (QED) is 0.675. The van der Waals surface area contributed by atoms with E-state index < -0.39 is 0 Å². The van der Waals surface area contributed by atoms with Gasteiger partial charge in [0.05, 0.1) is 0 Å². The largest absolute Gasteiger partial charge is 0.0923 e. The SMILES string of the molecule is Cl/C=C1\C=C(c2ccccc2)c2ccccc21. The van der Waals surface area contributed by atoms with Gasteiger partial charge in [0.15, 0.2) is 0 Å². The third kappa shape index (κ3) is 1.71. The van der Waals surface area contributed by atoms with Crippen molar-refractivity contribution in [3.63, 3.8) is 0 Å². The second-order valence-corrected chi connectivity index (χ2v) is 4.25. The summed E-state index contributed by atoms with van der Waals surface area (Å²) >= 11 is 5.88. The first-order chi connectivity index (χ1) is 8.40. The van der Waals surface area contributed by atoms with Crippen molar-refractivity contribution in [2.75, 3.05) is 0 Å². The van der Waals surface area contributed by atoms with Crippen LogP contribution in [0.15, 0.2) is 66.2 Å². The van der Waals surface area contributed by atoms with Crippen LogP contribution in [-0.2, 0) is 0 Å². The molecule has 0 bridgehead atoms. The summed E-state index contributed by atoms with van der Waals surface area (Å²) < 4.78 is 0. The van der Waals surface area contributed by atoms with Gasteiger partial charge in [-0.15, -0.1) is 0 Å². The van der Waals surface area contributed by atoms with Gasteiger partial charge in [0.1, 0.15) is 0 Å². The van der Waals surface area contributed by atoms with Crippen molar-refractivity contribution in [2.45, 2.75) is 0 Å². The second kappa shape index (κ2) is 4.23. The Balaban J connectivity index is 2.21. The van der Waals surface area contributed by atoms with Crippen LogP contribution in [0, 0.1) is 0 Å². The molecule has 2 aromatic carbocycles. The van der Waals surface area contributed by atoms with E-state index in [4.69, 9.17) is 11.6 Å². The Hall–Kier alpha value is -1.79. The van der Waals surface area contributed by atoms with E-state index >= 15 is 0 Å². The molecule has 0 nitrogen and oxygen atoms in total. The van der Waals surface area contributed by atoms with E-state index in [-0.39, 0.29) is 0 Å². The van der Waals surface area contributed by atoms with Gasteiger partial charge in [-0.1, -0.05) is 66.2 Å². The van der Waals surface area contributed by atoms with E-state index in [9.17, 15) is 0 Å². The molecule has 0 amide bonds. The third-order valence-corrected chi connectivity index (χ3v) is 3.27. The number of halogens is 1. The number of benzene rings is 2. The van der Waals surface area contributed by atoms with Crippen LogP contribution in [0.5, 0.6) is 0 Å². The highest BCUT2D eigenvalue weighted by Gasteiger charge is 2.18. The highest BCUT2D eigenvalue weighted by molar-refractivity contribution is 6.29. The van der Waals surface area contributed by atoms with Crippen molar-refractivity contribution >= 4 is 22.7 Å². The van der Waals surface area contributed by atoms with E-state index in [0.29, 0.717) is 0 Å². The van der Waals surface area contributed by atoms with E-state index in [0.717, 1.165) is 5.57 Å². The smallest absolute Gasteiger partial charge is 0.0121 e. The van der Waals surface area contributed by atoms with Crippen LogP contribution in [-0.4, -0.2) is 0 Å². The lowest BCUT2D eigenvalue weighted by molar-refractivity contribution is 1.55. The van der Waals surface area contributed by atoms with E-state index in [1.807, 2.05) is 12.1 Å². The minimum absolute atomic E-state index is 1.08. The highest BCUT2D eigenvalue weighted by Crippen LogP contribution is 2.38. The molecule has 1 heteroatoms. The highest BCUT2D eigenvalue weighted by atomic mass is 35.5. The monoisotopic (exact) mass is 238 g/mol. The summed E-state index contributed by atoms with van der Waals surface area (Å²) in [5, 5.41) is 0. The normalized spacial score (nSPS) is 15.8. The molecule has 0 saturated carbocycles. The summed E-state index contributed by atoms with van der Waals surface area (Å²) in [5.74, 6) is 0. The molecule has 0 aromatic heterocycles. The van der Waals surface area contributed by atoms with Crippen molar-refractivity contribution in [3.05, 3.63) is 82.9 Å². The summed E-state index contributed by atoms with van der Waals surface area (Å²) in [4.78, 5) is 0. The third-order valence-electron chi connectivity index (χ3n) is 3.03. The lowest BCUT2D eigenvalue weighted by atomic mass is 9.99. The van der Waals surface area contributed by atoms with Gasteiger partial charge < -0.3 is 0 Å². The zero-order valence-electron chi connectivity index (χ0n) is 9.23. The maximum absolute atomic E-state index is 5.88. The molecule has 82 valence electrons. The van der Waals surface area contributed by atoms with Gasteiger partial charge in [-0.25, -0.2) is 0 Å². The second-order valence-electron chi connectivity index (χ2n) is 4.03. The summed E-state index contributed by atoms with van der Waals surface area (Å²) in [6, 6.07) is 18.7. The fraction of sp³-hybridized carbons (Fsp3) is 0. The standard InChI is InChI=1S/C16H11Cl/c17-11-13-10-16(12-6-2-1-3-7-12)15-9-5-4-8-14(13)15/h1-11H/b13-11+. The van der Waals surface area contributed by atoms with Gasteiger partial charge in [0.2, 0.25) is 0 Å². The number of hydrogen-bond acceptors (Lipinski definition) is 0. The fourth-order valence-electron chi connectivity index (χ4n) is 2.23. The maximum atomic E-state index is 5.88. The van der Waals surface area contributed by atoms with Gasteiger partial charge in [-0.3, -0.25) is 0 Å². The van der Waals surface area contributed by atoms with Crippen molar-refractivity contribution in [3.8, 4) is 0 Å². The Bertz CT molecular complexity index is 606. The molecule has 0 fully saturated rings. The fourth-order valence-corrected chi connectivity index (χ4v) is 2.41. The lowest BCUT2D eigenvalue weighted by Gasteiger charge is -2.05. The van der Waals surface area contributed by atoms with Gasteiger partial charge in [0.25, 0.3) is 0 Å². The van der Waals surface area contributed by atoms with Gasteiger partial charge in [-0.2, -0.15) is 0 Å². The number of rotatable bonds is 1. The van der Waals surface area contributed by atoms with Crippen LogP contribution in [0.2, 0.25) is 0 Å². The van der Waals surface area contributed by atoms with Crippen molar-refractivity contribution in [1.82, 2.24) is 0 Å². The molecule has 1 aliphatic rings. The Morgan fingerprint density at radius 1 is 0.765 bits per heavy atom. The minimum atomic E-state index is 1.08. The first-order valence-corrected chi connectivity index (χ1v) is 6.01. The molecular formula is C16H11Cl. The van der Waals surface area contributed by atoms with Crippen molar-refractivity contribution in [1.29, 1.82) is 0 Å². The zero-order chi connectivity index (χ0) is 11.7. The minimum Gasteiger partial charge on any atom is -0.0923 e. The van der Waals surface area contributed by atoms with E-state index in [1.165, 1.54) is 22.3 Å². The Morgan fingerprint density at radius 2 is 1.41 bits per heavy atom. The summed E-state index contributed by atoms with van der Waals surface area (Å²) in [7, 11) is 0. The predicted molar refractivity (Wildman–Crippen MR) is 73.8 cm³/mol. The predicted octanol–water partition coefficient (Wildman–Crippen LogP) is 4.71. The average molecular weight is 239 g/mol. The van der Waals surface area contributed by atoms with Crippen LogP contribution in [0.25, 0.3) is 11.1 Å². The van der Waals surface area contributed by atoms with Gasteiger partial charge in [-0.05, 0) is 33.9 Å². The molecule has 0 radical (unpaired) electrons. The average Bonchev–Trinajstić information content (AvgIpc) is 2.78. The molecule has 0 spiro atoms. The van der Waals surface area contributed by atoms with E-state index in [2.05, 4.69) is 48.5 Å². The van der Waals surface area contributed by atoms with Crippen LogP contribution in [0.1, 0.15) is 16.7 Å². The van der Waals surface area contributed by atoms with Crippen LogP contribution in [0.4, 0.5) is 0 Å². The maximum Gasteiger partial charge on any atom is 0.0121 e. The molecule has 17 heavy (non-hydrogen) atoms. The van der Waals surface area contributed by atoms with Crippen molar-refractivity contribution < 1.29 is 0 Å². The summed E-state index contributed by atoms with van der Waals surface area (Å²) in [5.41, 5.74) is 7.67. The van der Waals surface area contributed by atoms with E-state index in [1.54, 1.807) is 5.54 Å². The molecule has 1 aliphatic carbocycles.